The normalized spacial score (nSPS) is 19.4. The lowest BCUT2D eigenvalue weighted by molar-refractivity contribution is 0.0521. The quantitative estimate of drug-likeness (QED) is 0.768. The molecule has 1 unspecified atom stereocenters. The molecule has 0 amide bonds. The number of carbonyl (C=O) groups is 1. The molecule has 1 saturated heterocycles. The number of nitrogens with one attached hydrogen (secondary N) is 1. The Morgan fingerprint density at radius 2 is 2.40 bits per heavy atom. The van der Waals surface area contributed by atoms with Crippen LogP contribution < -0.4 is 0 Å². The molecule has 0 aromatic carbocycles. The topological polar surface area (TPSA) is 102 Å². The van der Waals surface area contributed by atoms with Crippen molar-refractivity contribution in [2.24, 2.45) is 0 Å². The number of hydrogen-bond acceptors (Lipinski definition) is 6. The molecule has 0 aliphatic carbocycles. The maximum Gasteiger partial charge on any atom is 0.342 e. The highest BCUT2D eigenvalue weighted by Gasteiger charge is 2.35. The average Bonchev–Trinajstić information content (AvgIpc) is 3.09. The van der Waals surface area contributed by atoms with E-state index < -0.39 is 16.0 Å². The number of esters is 1. The van der Waals surface area contributed by atoms with Gasteiger partial charge in [-0.05, 0) is 13.3 Å². The highest BCUT2D eigenvalue weighted by atomic mass is 32.2. The second-order valence-corrected chi connectivity index (χ2v) is 6.31. The highest BCUT2D eigenvalue weighted by Crippen LogP contribution is 2.22. The molecule has 1 fully saturated rings. The molecule has 20 heavy (non-hydrogen) atoms. The maximum absolute atomic E-state index is 12.5. The molecule has 112 valence electrons. The van der Waals surface area contributed by atoms with Crippen molar-refractivity contribution in [1.82, 2.24) is 14.5 Å². The molecule has 1 aromatic heterocycles. The molecule has 8 nitrogen and oxygen atoms in total. The van der Waals surface area contributed by atoms with Crippen molar-refractivity contribution in [1.29, 1.82) is 0 Å². The summed E-state index contributed by atoms with van der Waals surface area (Å²) in [6.07, 6.45) is 1.78. The molecule has 0 saturated carbocycles. The van der Waals surface area contributed by atoms with Crippen LogP contribution in [0.15, 0.2) is 11.2 Å². The average molecular weight is 303 g/mol. The van der Waals surface area contributed by atoms with Gasteiger partial charge in [0.25, 0.3) is 10.0 Å². The van der Waals surface area contributed by atoms with Gasteiger partial charge in [-0.3, -0.25) is 5.10 Å². The Morgan fingerprint density at radius 3 is 3.00 bits per heavy atom. The SMILES string of the molecule is CCOC(=O)c1cn[nH]c1S(=O)(=O)N(C)C1CCOC1. The Bertz CT molecular complexity index is 577. The Labute approximate surface area is 117 Å². The Kier molecular flexibility index (Phi) is 4.41. The van der Waals surface area contributed by atoms with Gasteiger partial charge in [-0.2, -0.15) is 9.40 Å². The first-order chi connectivity index (χ1) is 9.48. The minimum Gasteiger partial charge on any atom is -0.462 e. The van der Waals surface area contributed by atoms with Gasteiger partial charge in [-0.25, -0.2) is 13.2 Å². The minimum atomic E-state index is -3.84. The fourth-order valence-electron chi connectivity index (χ4n) is 1.97. The van der Waals surface area contributed by atoms with Crippen LogP contribution in [-0.2, 0) is 19.5 Å². The fourth-order valence-corrected chi connectivity index (χ4v) is 3.40. The number of rotatable bonds is 5. The van der Waals surface area contributed by atoms with Crippen LogP contribution in [0.5, 0.6) is 0 Å². The van der Waals surface area contributed by atoms with E-state index in [0.29, 0.717) is 19.6 Å². The highest BCUT2D eigenvalue weighted by molar-refractivity contribution is 7.89. The molecule has 9 heteroatoms. The van der Waals surface area contributed by atoms with Crippen molar-refractivity contribution >= 4 is 16.0 Å². The van der Waals surface area contributed by atoms with Crippen LogP contribution in [-0.4, -0.2) is 61.8 Å². The molecule has 1 atom stereocenters. The third kappa shape index (κ3) is 2.69. The summed E-state index contributed by atoms with van der Waals surface area (Å²) >= 11 is 0. The van der Waals surface area contributed by atoms with Gasteiger partial charge in [0.1, 0.15) is 5.56 Å². The summed E-state index contributed by atoms with van der Waals surface area (Å²) in [5.74, 6) is -0.712. The van der Waals surface area contributed by atoms with Crippen LogP contribution in [0.1, 0.15) is 23.7 Å². The Hall–Kier alpha value is -1.45. The van der Waals surface area contributed by atoms with E-state index in [9.17, 15) is 13.2 Å². The van der Waals surface area contributed by atoms with E-state index in [4.69, 9.17) is 9.47 Å². The summed E-state index contributed by atoms with van der Waals surface area (Å²) in [7, 11) is -2.38. The lowest BCUT2D eigenvalue weighted by Gasteiger charge is -2.21. The fraction of sp³-hybridized carbons (Fsp3) is 0.636. The molecular weight excluding hydrogens is 286 g/mol. The molecule has 1 aromatic rings. The van der Waals surface area contributed by atoms with E-state index in [1.165, 1.54) is 11.4 Å². The number of aromatic nitrogens is 2. The zero-order valence-electron chi connectivity index (χ0n) is 11.3. The molecule has 2 heterocycles. The molecule has 0 spiro atoms. The van der Waals surface area contributed by atoms with Crippen LogP contribution in [0, 0.1) is 0 Å². The predicted octanol–water partition coefficient (Wildman–Crippen LogP) is -0.00420. The van der Waals surface area contributed by atoms with E-state index >= 15 is 0 Å². The smallest absolute Gasteiger partial charge is 0.342 e. The maximum atomic E-state index is 12.5. The molecule has 1 aliphatic rings. The van der Waals surface area contributed by atoms with Crippen molar-refractivity contribution in [2.45, 2.75) is 24.4 Å². The number of hydrogen-bond donors (Lipinski definition) is 1. The molecule has 2 rings (SSSR count). The first-order valence-corrected chi connectivity index (χ1v) is 7.68. The van der Waals surface area contributed by atoms with Gasteiger partial charge in [-0.1, -0.05) is 0 Å². The Morgan fingerprint density at radius 1 is 1.65 bits per heavy atom. The monoisotopic (exact) mass is 303 g/mol. The van der Waals surface area contributed by atoms with E-state index in [2.05, 4.69) is 10.2 Å². The summed E-state index contributed by atoms with van der Waals surface area (Å²) in [6, 6.07) is -0.238. The van der Waals surface area contributed by atoms with Crippen LogP contribution in [0.2, 0.25) is 0 Å². The van der Waals surface area contributed by atoms with Crippen molar-refractivity contribution in [3.63, 3.8) is 0 Å². The van der Waals surface area contributed by atoms with Gasteiger partial charge in [0.15, 0.2) is 5.03 Å². The second-order valence-electron chi connectivity index (χ2n) is 4.37. The van der Waals surface area contributed by atoms with Gasteiger partial charge in [0.2, 0.25) is 0 Å². The van der Waals surface area contributed by atoms with Crippen LogP contribution in [0.4, 0.5) is 0 Å². The number of sulfonamides is 1. The number of aromatic amines is 1. The van der Waals surface area contributed by atoms with E-state index in [1.54, 1.807) is 6.92 Å². The number of H-pyrrole nitrogens is 1. The zero-order valence-corrected chi connectivity index (χ0v) is 12.1. The lowest BCUT2D eigenvalue weighted by Crippen LogP contribution is -2.38. The third-order valence-corrected chi connectivity index (χ3v) is 5.04. The van der Waals surface area contributed by atoms with E-state index in [1.807, 2.05) is 0 Å². The first kappa shape index (κ1) is 14.9. The summed E-state index contributed by atoms with van der Waals surface area (Å²) in [5.41, 5.74) is -0.0855. The minimum absolute atomic E-state index is 0.0855. The number of ether oxygens (including phenoxy) is 2. The molecule has 1 aliphatic heterocycles. The third-order valence-electron chi connectivity index (χ3n) is 3.16. The van der Waals surface area contributed by atoms with E-state index in [-0.39, 0.29) is 23.2 Å². The van der Waals surface area contributed by atoms with Crippen LogP contribution >= 0.6 is 0 Å². The van der Waals surface area contributed by atoms with Crippen molar-refractivity contribution in [3.05, 3.63) is 11.8 Å². The second kappa shape index (κ2) is 5.90. The van der Waals surface area contributed by atoms with Gasteiger partial charge < -0.3 is 9.47 Å². The summed E-state index contributed by atoms with van der Waals surface area (Å²) in [4.78, 5) is 11.7. The number of likely N-dealkylation sites (N-methyl/N-ethyl adjacent to an activating group) is 1. The van der Waals surface area contributed by atoms with E-state index in [0.717, 1.165) is 6.20 Å². The lowest BCUT2D eigenvalue weighted by atomic mass is 10.3. The largest absolute Gasteiger partial charge is 0.462 e. The zero-order chi connectivity index (χ0) is 14.8. The van der Waals surface area contributed by atoms with Crippen LogP contribution in [0.25, 0.3) is 0 Å². The van der Waals surface area contributed by atoms with Gasteiger partial charge >= 0.3 is 5.97 Å². The molecule has 1 N–H and O–H groups in total. The molecular formula is C11H17N3O5S. The van der Waals surface area contributed by atoms with Gasteiger partial charge in [0.05, 0.1) is 25.5 Å². The van der Waals surface area contributed by atoms with Crippen molar-refractivity contribution in [3.8, 4) is 0 Å². The number of nitrogens with zero attached hydrogens (tertiary/aromatic N) is 2. The van der Waals surface area contributed by atoms with Gasteiger partial charge in [-0.15, -0.1) is 0 Å². The first-order valence-electron chi connectivity index (χ1n) is 6.24. The summed E-state index contributed by atoms with van der Waals surface area (Å²) < 4.78 is 36.2. The molecule has 0 bridgehead atoms. The van der Waals surface area contributed by atoms with Crippen molar-refractivity contribution < 1.29 is 22.7 Å². The summed E-state index contributed by atoms with van der Waals surface area (Å²) in [5, 5.41) is 5.76. The summed E-state index contributed by atoms with van der Waals surface area (Å²) in [6.45, 7) is 2.68. The van der Waals surface area contributed by atoms with Crippen LogP contribution in [0.3, 0.4) is 0 Å². The van der Waals surface area contributed by atoms with Gasteiger partial charge in [0, 0.05) is 13.7 Å². The number of carbonyl (C=O) groups excluding carboxylic acids is 1. The standard InChI is InChI=1S/C11H17N3O5S/c1-3-19-11(15)9-6-12-13-10(9)20(16,17)14(2)8-4-5-18-7-8/h6,8H,3-5,7H2,1-2H3,(H,12,13). The molecule has 0 radical (unpaired) electrons. The predicted molar refractivity (Wildman–Crippen MR) is 68.7 cm³/mol. The van der Waals surface area contributed by atoms with Crippen molar-refractivity contribution in [2.75, 3.05) is 26.9 Å². The Balaban J connectivity index is 2.30.